The van der Waals surface area contributed by atoms with Gasteiger partial charge in [0.15, 0.2) is 12.4 Å². The maximum Gasteiger partial charge on any atom is 0.329 e. The lowest BCUT2D eigenvalue weighted by Gasteiger charge is -2.34. The highest BCUT2D eigenvalue weighted by Gasteiger charge is 2.36. The van der Waals surface area contributed by atoms with Gasteiger partial charge in [0, 0.05) is 5.56 Å². The molecule has 1 atom stereocenters. The molecule has 0 radical (unpaired) electrons. The van der Waals surface area contributed by atoms with Crippen molar-refractivity contribution in [1.82, 2.24) is 0 Å². The molecule has 0 spiro atoms. The molecular weight excluding hydrogens is 298 g/mol. The second-order valence-corrected chi connectivity index (χ2v) is 5.70. The summed E-state index contributed by atoms with van der Waals surface area (Å²) in [5.41, 5.74) is 0.889. The average molecular weight is 319 g/mol. The van der Waals surface area contributed by atoms with Crippen molar-refractivity contribution < 1.29 is 23.9 Å². The van der Waals surface area contributed by atoms with Crippen LogP contribution in [0.3, 0.4) is 0 Å². The zero-order valence-electron chi connectivity index (χ0n) is 13.8. The smallest absolute Gasteiger partial charge is 0.329 e. The highest BCUT2D eigenvalue weighted by Crippen LogP contribution is 2.35. The van der Waals surface area contributed by atoms with E-state index >= 15 is 0 Å². The normalized spacial score (nSPS) is 15.0. The lowest BCUT2D eigenvalue weighted by atomic mass is 10.1. The molecule has 0 saturated heterocycles. The van der Waals surface area contributed by atoms with Crippen LogP contribution in [0.25, 0.3) is 0 Å². The van der Waals surface area contributed by atoms with Crippen molar-refractivity contribution in [3.63, 3.8) is 0 Å². The average Bonchev–Trinajstić information content (AvgIpc) is 2.48. The van der Waals surface area contributed by atoms with Crippen LogP contribution in [0.15, 0.2) is 18.2 Å². The van der Waals surface area contributed by atoms with Gasteiger partial charge in [0.2, 0.25) is 0 Å². The van der Waals surface area contributed by atoms with Crippen LogP contribution in [-0.2, 0) is 14.3 Å². The molecule has 1 amide bonds. The van der Waals surface area contributed by atoms with E-state index in [-0.39, 0.29) is 24.4 Å². The Kier molecular flexibility index (Phi) is 5.03. The van der Waals surface area contributed by atoms with Gasteiger partial charge in [-0.05, 0) is 45.4 Å². The lowest BCUT2D eigenvalue weighted by Crippen LogP contribution is -2.50. The summed E-state index contributed by atoms with van der Waals surface area (Å²) in [7, 11) is 0. The monoisotopic (exact) mass is 319 g/mol. The van der Waals surface area contributed by atoms with E-state index in [0.717, 1.165) is 0 Å². The topological polar surface area (TPSA) is 72.9 Å². The molecule has 124 valence electrons. The minimum absolute atomic E-state index is 0.122. The van der Waals surface area contributed by atoms with Crippen molar-refractivity contribution in [2.75, 3.05) is 11.5 Å². The standard InChI is InChI=1S/C17H21NO5/c1-5-13(17(21)23-10(2)3)18-14-8-12(11(4)19)6-7-15(14)22-9-16(18)20/h6-8,10,13H,5,9H2,1-4H3. The van der Waals surface area contributed by atoms with Crippen LogP contribution in [0, 0.1) is 0 Å². The van der Waals surface area contributed by atoms with Crippen LogP contribution >= 0.6 is 0 Å². The maximum absolute atomic E-state index is 12.3. The zero-order valence-corrected chi connectivity index (χ0v) is 13.8. The van der Waals surface area contributed by atoms with Crippen LogP contribution < -0.4 is 9.64 Å². The summed E-state index contributed by atoms with van der Waals surface area (Å²) in [5, 5.41) is 0. The van der Waals surface area contributed by atoms with E-state index in [4.69, 9.17) is 9.47 Å². The lowest BCUT2D eigenvalue weighted by molar-refractivity contribution is -0.150. The van der Waals surface area contributed by atoms with E-state index in [9.17, 15) is 14.4 Å². The number of ketones is 1. The summed E-state index contributed by atoms with van der Waals surface area (Å²) in [6, 6.07) is 4.13. The summed E-state index contributed by atoms with van der Waals surface area (Å²) < 4.78 is 10.7. The quantitative estimate of drug-likeness (QED) is 0.615. The summed E-state index contributed by atoms with van der Waals surface area (Å²) in [5.74, 6) is -0.434. The molecule has 6 nitrogen and oxygen atoms in total. The fourth-order valence-corrected chi connectivity index (χ4v) is 2.50. The van der Waals surface area contributed by atoms with Gasteiger partial charge in [-0.1, -0.05) is 6.92 Å². The number of rotatable bonds is 5. The number of hydrogen-bond donors (Lipinski definition) is 0. The highest BCUT2D eigenvalue weighted by atomic mass is 16.5. The van der Waals surface area contributed by atoms with Crippen LogP contribution in [0.2, 0.25) is 0 Å². The van der Waals surface area contributed by atoms with Crippen molar-refractivity contribution in [1.29, 1.82) is 0 Å². The SMILES string of the molecule is CCC(C(=O)OC(C)C)N1C(=O)COc2ccc(C(C)=O)cc21. The van der Waals surface area contributed by atoms with Gasteiger partial charge in [0.1, 0.15) is 11.8 Å². The molecule has 6 heteroatoms. The Hall–Kier alpha value is -2.37. The van der Waals surface area contributed by atoms with Crippen LogP contribution in [0.5, 0.6) is 5.75 Å². The second kappa shape index (κ2) is 6.81. The number of benzene rings is 1. The first-order chi connectivity index (χ1) is 10.8. The molecule has 1 heterocycles. The third-order valence-electron chi connectivity index (χ3n) is 3.57. The Morgan fingerprint density at radius 2 is 2.04 bits per heavy atom. The number of esters is 1. The Bertz CT molecular complexity index is 638. The van der Waals surface area contributed by atoms with Gasteiger partial charge in [-0.15, -0.1) is 0 Å². The second-order valence-electron chi connectivity index (χ2n) is 5.70. The number of hydrogen-bond acceptors (Lipinski definition) is 5. The minimum atomic E-state index is -0.741. The van der Waals surface area contributed by atoms with Gasteiger partial charge < -0.3 is 9.47 Å². The number of carbonyl (C=O) groups excluding carboxylic acids is 3. The van der Waals surface area contributed by atoms with Crippen LogP contribution in [-0.4, -0.2) is 36.4 Å². The molecule has 2 rings (SSSR count). The van der Waals surface area contributed by atoms with Crippen LogP contribution in [0.1, 0.15) is 44.5 Å². The van der Waals surface area contributed by atoms with Crippen molar-refractivity contribution in [3.05, 3.63) is 23.8 Å². The summed E-state index contributed by atoms with van der Waals surface area (Å²) in [6.45, 7) is 6.63. The molecule has 0 N–H and O–H groups in total. The zero-order chi connectivity index (χ0) is 17.1. The van der Waals surface area contributed by atoms with Gasteiger partial charge in [-0.3, -0.25) is 14.5 Å². The molecule has 1 aromatic rings. The van der Waals surface area contributed by atoms with E-state index in [0.29, 0.717) is 23.4 Å². The predicted octanol–water partition coefficient (Wildman–Crippen LogP) is 2.34. The Balaban J connectivity index is 2.45. The first-order valence-electron chi connectivity index (χ1n) is 7.65. The Morgan fingerprint density at radius 1 is 1.35 bits per heavy atom. The Morgan fingerprint density at radius 3 is 2.61 bits per heavy atom. The summed E-state index contributed by atoms with van der Waals surface area (Å²) in [4.78, 5) is 37.7. The fraction of sp³-hybridized carbons (Fsp3) is 0.471. The third kappa shape index (κ3) is 3.52. The fourth-order valence-electron chi connectivity index (χ4n) is 2.50. The van der Waals surface area contributed by atoms with E-state index in [1.165, 1.54) is 11.8 Å². The molecule has 0 aliphatic carbocycles. The maximum atomic E-state index is 12.3. The molecule has 1 aliphatic rings. The minimum Gasteiger partial charge on any atom is -0.482 e. The number of carbonyl (C=O) groups is 3. The molecular formula is C17H21NO5. The van der Waals surface area contributed by atoms with Gasteiger partial charge in [-0.25, -0.2) is 4.79 Å². The molecule has 1 aliphatic heterocycles. The van der Waals surface area contributed by atoms with Crippen molar-refractivity contribution in [3.8, 4) is 5.75 Å². The van der Waals surface area contributed by atoms with Crippen molar-refractivity contribution in [2.24, 2.45) is 0 Å². The van der Waals surface area contributed by atoms with E-state index < -0.39 is 12.0 Å². The Labute approximate surface area is 135 Å². The predicted molar refractivity (Wildman–Crippen MR) is 84.7 cm³/mol. The van der Waals surface area contributed by atoms with Gasteiger partial charge in [0.25, 0.3) is 5.91 Å². The van der Waals surface area contributed by atoms with Gasteiger partial charge >= 0.3 is 5.97 Å². The molecule has 0 aromatic heterocycles. The highest BCUT2D eigenvalue weighted by molar-refractivity contribution is 6.04. The van der Waals surface area contributed by atoms with Gasteiger partial charge in [0.05, 0.1) is 11.8 Å². The van der Waals surface area contributed by atoms with Crippen molar-refractivity contribution in [2.45, 2.75) is 46.3 Å². The number of anilines is 1. The number of Topliss-reactive ketones (excluding diaryl/α,β-unsaturated/α-hetero) is 1. The largest absolute Gasteiger partial charge is 0.482 e. The van der Waals surface area contributed by atoms with Crippen LogP contribution in [0.4, 0.5) is 5.69 Å². The van der Waals surface area contributed by atoms with E-state index in [2.05, 4.69) is 0 Å². The summed E-state index contributed by atoms with van der Waals surface area (Å²) >= 11 is 0. The van der Waals surface area contributed by atoms with Gasteiger partial charge in [-0.2, -0.15) is 0 Å². The summed E-state index contributed by atoms with van der Waals surface area (Å²) in [6.07, 6.45) is 0.136. The number of fused-ring (bicyclic) bond motifs is 1. The van der Waals surface area contributed by atoms with Crippen molar-refractivity contribution >= 4 is 23.3 Å². The molecule has 0 fully saturated rings. The van der Waals surface area contributed by atoms with E-state index in [1.807, 2.05) is 6.92 Å². The molecule has 23 heavy (non-hydrogen) atoms. The molecule has 0 saturated carbocycles. The number of amides is 1. The molecule has 1 aromatic carbocycles. The number of ether oxygens (including phenoxy) is 2. The molecule has 1 unspecified atom stereocenters. The first kappa shape index (κ1) is 17.0. The third-order valence-corrected chi connectivity index (χ3v) is 3.57. The first-order valence-corrected chi connectivity index (χ1v) is 7.65. The van der Waals surface area contributed by atoms with E-state index in [1.54, 1.807) is 32.0 Å². The molecule has 0 bridgehead atoms. The number of nitrogens with zero attached hydrogens (tertiary/aromatic N) is 1.